The van der Waals surface area contributed by atoms with Gasteiger partial charge in [0, 0.05) is 41.4 Å². The van der Waals surface area contributed by atoms with Crippen molar-refractivity contribution in [2.45, 2.75) is 59.0 Å². The van der Waals surface area contributed by atoms with Crippen molar-refractivity contribution >= 4 is 40.9 Å². The average Bonchev–Trinajstić information content (AvgIpc) is 2.70. The second-order valence-electron chi connectivity index (χ2n) is 8.67. The minimum Gasteiger partial charge on any atom is -0.368 e. The molecule has 1 aromatic rings. The molecule has 3 unspecified atom stereocenters. The molecule has 166 valence electrons. The zero-order valence-electron chi connectivity index (χ0n) is 18.5. The number of amides is 2. The van der Waals surface area contributed by atoms with E-state index in [0.29, 0.717) is 23.2 Å². The first-order valence-corrected chi connectivity index (χ1v) is 12.6. The fourth-order valence-corrected chi connectivity index (χ4v) is 6.10. The summed E-state index contributed by atoms with van der Waals surface area (Å²) in [6.45, 7) is 9.48. The smallest absolute Gasteiger partial charge is 0.251 e. The second-order valence-corrected chi connectivity index (χ2v) is 10.3. The average molecular weight is 452 g/mol. The minimum absolute atomic E-state index is 0.0254. The number of anilines is 1. The number of piperidine rings is 1. The van der Waals surface area contributed by atoms with Gasteiger partial charge in [-0.15, -0.1) is 0 Å². The maximum absolute atomic E-state index is 13.1. The third-order valence-electron chi connectivity index (χ3n) is 6.49. The van der Waals surface area contributed by atoms with Crippen LogP contribution in [0.5, 0.6) is 0 Å². The summed E-state index contributed by atoms with van der Waals surface area (Å²) < 4.78 is 0. The molecule has 7 heteroatoms. The number of halogens is 1. The lowest BCUT2D eigenvalue weighted by molar-refractivity contribution is -0.129. The molecule has 5 nitrogen and oxygen atoms in total. The van der Waals surface area contributed by atoms with Crippen molar-refractivity contribution in [2.24, 2.45) is 11.8 Å². The van der Waals surface area contributed by atoms with Gasteiger partial charge in [-0.2, -0.15) is 11.8 Å². The number of thioether (sulfide) groups is 1. The highest BCUT2D eigenvalue weighted by atomic mass is 35.5. The number of nitrogens with one attached hydrogen (secondary N) is 2. The molecule has 2 aliphatic rings. The standard InChI is InChI=1S/C23H34ClN3O2S/c1-5-27(18-6-8-30-9-7-18)21-12-17(24)11-19(16(21)4)22(28)25-13-20-14(2)10-15(3)26-23(20)29/h11-12,14-15,18,20H,5-10,13H2,1-4H3,(H,25,28)(H,26,29). The summed E-state index contributed by atoms with van der Waals surface area (Å²) in [5.41, 5.74) is 2.59. The molecule has 3 atom stereocenters. The van der Waals surface area contributed by atoms with Crippen molar-refractivity contribution in [3.8, 4) is 0 Å². The fourth-order valence-electron chi connectivity index (χ4n) is 4.80. The van der Waals surface area contributed by atoms with Gasteiger partial charge >= 0.3 is 0 Å². The number of rotatable bonds is 6. The first-order chi connectivity index (χ1) is 14.3. The number of benzene rings is 1. The molecule has 0 aromatic heterocycles. The van der Waals surface area contributed by atoms with Gasteiger partial charge in [-0.3, -0.25) is 9.59 Å². The van der Waals surface area contributed by atoms with Gasteiger partial charge in [0.2, 0.25) is 5.91 Å². The van der Waals surface area contributed by atoms with E-state index in [4.69, 9.17) is 11.6 Å². The highest BCUT2D eigenvalue weighted by molar-refractivity contribution is 7.99. The van der Waals surface area contributed by atoms with Crippen LogP contribution in [0.15, 0.2) is 12.1 Å². The largest absolute Gasteiger partial charge is 0.368 e. The number of hydrogen-bond donors (Lipinski definition) is 2. The van der Waals surface area contributed by atoms with Crippen molar-refractivity contribution in [1.82, 2.24) is 10.6 Å². The zero-order chi connectivity index (χ0) is 21.8. The Morgan fingerprint density at radius 3 is 2.63 bits per heavy atom. The molecule has 0 saturated carbocycles. The molecule has 0 spiro atoms. The highest BCUT2D eigenvalue weighted by Gasteiger charge is 2.32. The van der Waals surface area contributed by atoms with Crippen LogP contribution in [0.25, 0.3) is 0 Å². The van der Waals surface area contributed by atoms with Gasteiger partial charge in [0.1, 0.15) is 0 Å². The molecule has 2 heterocycles. The van der Waals surface area contributed by atoms with E-state index in [1.807, 2.05) is 31.7 Å². The molecule has 0 aliphatic carbocycles. The van der Waals surface area contributed by atoms with Gasteiger partial charge < -0.3 is 15.5 Å². The molecule has 2 amide bonds. The summed E-state index contributed by atoms with van der Waals surface area (Å²) >= 11 is 8.45. The molecule has 2 N–H and O–H groups in total. The Hall–Kier alpha value is -1.40. The summed E-state index contributed by atoms with van der Waals surface area (Å²) in [5.74, 6) is 2.26. The predicted molar refractivity (Wildman–Crippen MR) is 127 cm³/mol. The van der Waals surface area contributed by atoms with Crippen molar-refractivity contribution in [3.63, 3.8) is 0 Å². The van der Waals surface area contributed by atoms with Crippen LogP contribution in [-0.4, -0.2) is 48.5 Å². The normalized spacial score (nSPS) is 25.0. The Kier molecular flexibility index (Phi) is 7.97. The highest BCUT2D eigenvalue weighted by Crippen LogP contribution is 2.33. The van der Waals surface area contributed by atoms with E-state index in [2.05, 4.69) is 29.4 Å². The van der Waals surface area contributed by atoms with Crippen LogP contribution < -0.4 is 15.5 Å². The van der Waals surface area contributed by atoms with Crippen LogP contribution in [0.1, 0.15) is 56.0 Å². The Morgan fingerprint density at radius 2 is 2.00 bits per heavy atom. The van der Waals surface area contributed by atoms with Crippen molar-refractivity contribution in [3.05, 3.63) is 28.3 Å². The second kappa shape index (κ2) is 10.3. The van der Waals surface area contributed by atoms with E-state index in [1.165, 1.54) is 11.5 Å². The topological polar surface area (TPSA) is 61.4 Å². The quantitative estimate of drug-likeness (QED) is 0.678. The molecule has 3 rings (SSSR count). The third-order valence-corrected chi connectivity index (χ3v) is 7.76. The maximum atomic E-state index is 13.1. The van der Waals surface area contributed by atoms with Crippen LogP contribution in [0, 0.1) is 18.8 Å². The van der Waals surface area contributed by atoms with Crippen molar-refractivity contribution < 1.29 is 9.59 Å². The Labute approximate surface area is 189 Å². The molecular formula is C23H34ClN3O2S. The van der Waals surface area contributed by atoms with Crippen LogP contribution in [0.2, 0.25) is 5.02 Å². The van der Waals surface area contributed by atoms with E-state index >= 15 is 0 Å². The Morgan fingerprint density at radius 1 is 1.30 bits per heavy atom. The van der Waals surface area contributed by atoms with E-state index in [0.717, 1.165) is 37.1 Å². The van der Waals surface area contributed by atoms with Gasteiger partial charge in [-0.25, -0.2) is 0 Å². The predicted octanol–water partition coefficient (Wildman–Crippen LogP) is 4.26. The monoisotopic (exact) mass is 451 g/mol. The first kappa shape index (κ1) is 23.3. The molecular weight excluding hydrogens is 418 g/mol. The lowest BCUT2D eigenvalue weighted by atomic mass is 9.84. The minimum atomic E-state index is -0.198. The summed E-state index contributed by atoms with van der Waals surface area (Å²) in [7, 11) is 0. The van der Waals surface area contributed by atoms with Crippen LogP contribution >= 0.6 is 23.4 Å². The van der Waals surface area contributed by atoms with Crippen LogP contribution in [-0.2, 0) is 4.79 Å². The van der Waals surface area contributed by atoms with E-state index < -0.39 is 0 Å². The summed E-state index contributed by atoms with van der Waals surface area (Å²) in [4.78, 5) is 27.8. The molecule has 0 radical (unpaired) electrons. The molecule has 2 fully saturated rings. The third kappa shape index (κ3) is 5.25. The lowest BCUT2D eigenvalue weighted by Gasteiger charge is -2.36. The number of carbonyl (C=O) groups is 2. The van der Waals surface area contributed by atoms with Crippen LogP contribution in [0.3, 0.4) is 0 Å². The number of hydrogen-bond acceptors (Lipinski definition) is 4. The summed E-state index contributed by atoms with van der Waals surface area (Å²) in [5, 5.41) is 6.56. The van der Waals surface area contributed by atoms with Gasteiger partial charge in [-0.1, -0.05) is 18.5 Å². The van der Waals surface area contributed by atoms with Crippen molar-refractivity contribution in [1.29, 1.82) is 0 Å². The van der Waals surface area contributed by atoms with Gasteiger partial charge in [0.15, 0.2) is 0 Å². The number of nitrogens with zero attached hydrogens (tertiary/aromatic N) is 1. The van der Waals surface area contributed by atoms with Crippen molar-refractivity contribution in [2.75, 3.05) is 29.5 Å². The zero-order valence-corrected chi connectivity index (χ0v) is 20.0. The van der Waals surface area contributed by atoms with E-state index in [-0.39, 0.29) is 29.7 Å². The first-order valence-electron chi connectivity index (χ1n) is 11.0. The molecule has 2 saturated heterocycles. The molecule has 1 aromatic carbocycles. The van der Waals surface area contributed by atoms with E-state index in [1.54, 1.807) is 6.07 Å². The van der Waals surface area contributed by atoms with Gasteiger partial charge in [-0.05, 0) is 75.2 Å². The van der Waals surface area contributed by atoms with E-state index in [9.17, 15) is 9.59 Å². The molecule has 2 aliphatic heterocycles. The molecule has 0 bridgehead atoms. The fraction of sp³-hybridized carbons (Fsp3) is 0.652. The SMILES string of the molecule is CCN(c1cc(Cl)cc(C(=O)NCC2C(=O)NC(C)CC2C)c1C)C1CCSCC1. The summed E-state index contributed by atoms with van der Waals surface area (Å²) in [6, 6.07) is 4.40. The molecule has 30 heavy (non-hydrogen) atoms. The van der Waals surface area contributed by atoms with Gasteiger partial charge in [0.05, 0.1) is 5.92 Å². The van der Waals surface area contributed by atoms with Crippen LogP contribution in [0.4, 0.5) is 5.69 Å². The number of carbonyl (C=O) groups excluding carboxylic acids is 2. The van der Waals surface area contributed by atoms with Gasteiger partial charge in [0.25, 0.3) is 5.91 Å². The summed E-state index contributed by atoms with van der Waals surface area (Å²) in [6.07, 6.45) is 3.23. The lowest BCUT2D eigenvalue weighted by Crippen LogP contribution is -2.50. The Bertz CT molecular complexity index is 782. The Balaban J connectivity index is 1.77. The maximum Gasteiger partial charge on any atom is 0.251 e.